The Labute approximate surface area is 222 Å². The molecule has 188 valence electrons. The maximum Gasteiger partial charge on any atom is 0.262 e. The summed E-state index contributed by atoms with van der Waals surface area (Å²) in [6.45, 7) is 0. The van der Waals surface area contributed by atoms with Crippen LogP contribution in [0, 0.1) is 5.82 Å². The number of aliphatic imine (C=N–C) groups is 1. The van der Waals surface area contributed by atoms with Crippen molar-refractivity contribution < 1.29 is 18.7 Å². The zero-order valence-electron chi connectivity index (χ0n) is 19.7. The first kappa shape index (κ1) is 25.0. The van der Waals surface area contributed by atoms with E-state index in [1.165, 1.54) is 23.9 Å². The quantitative estimate of drug-likeness (QED) is 0.439. The molecule has 0 aromatic heterocycles. The monoisotopic (exact) mass is 536 g/mol. The number of nitrogens with one attached hydrogen (secondary N) is 1. The number of nitrogens with zero attached hydrogens (tertiary/aromatic N) is 3. The van der Waals surface area contributed by atoms with Gasteiger partial charge in [0.05, 0.1) is 18.9 Å². The Morgan fingerprint density at radius 2 is 1.81 bits per heavy atom. The first-order valence-corrected chi connectivity index (χ1v) is 12.8. The molecule has 2 amide bonds. The molecule has 0 fully saturated rings. The minimum absolute atomic E-state index is 0.0364. The number of amides is 2. The number of ether oxygens (including phenoxy) is 1. The minimum atomic E-state index is -0.670. The summed E-state index contributed by atoms with van der Waals surface area (Å²) in [5, 5.41) is 9.63. The van der Waals surface area contributed by atoms with Crippen LogP contribution in [0.15, 0.2) is 82.9 Å². The Hall–Kier alpha value is -3.69. The van der Waals surface area contributed by atoms with Gasteiger partial charge in [0.15, 0.2) is 5.17 Å². The maximum atomic E-state index is 13.6. The lowest BCUT2D eigenvalue weighted by molar-refractivity contribution is -0.121. The molecule has 7 nitrogen and oxygen atoms in total. The molecular weight excluding hydrogens is 515 g/mol. The highest BCUT2D eigenvalue weighted by Crippen LogP contribution is 2.38. The van der Waals surface area contributed by atoms with E-state index in [2.05, 4.69) is 10.3 Å². The van der Waals surface area contributed by atoms with Crippen molar-refractivity contribution in [2.75, 3.05) is 12.4 Å². The molecule has 0 unspecified atom stereocenters. The molecule has 3 aromatic rings. The van der Waals surface area contributed by atoms with E-state index in [1.54, 1.807) is 60.6 Å². The third-order valence-corrected chi connectivity index (χ3v) is 7.41. The average Bonchev–Trinajstić information content (AvgIpc) is 3.49. The molecule has 0 aliphatic carbocycles. The van der Waals surface area contributed by atoms with Gasteiger partial charge in [0.25, 0.3) is 5.91 Å². The summed E-state index contributed by atoms with van der Waals surface area (Å²) in [6, 6.07) is 20.2. The van der Waals surface area contributed by atoms with Gasteiger partial charge >= 0.3 is 0 Å². The number of hydrogen-bond donors (Lipinski definition) is 1. The second-order valence-electron chi connectivity index (χ2n) is 8.49. The molecule has 1 N–H and O–H groups in total. The van der Waals surface area contributed by atoms with Gasteiger partial charge < -0.3 is 10.1 Å². The smallest absolute Gasteiger partial charge is 0.262 e. The fraction of sp³-hybridized carbons (Fsp3) is 0.185. The summed E-state index contributed by atoms with van der Waals surface area (Å²) in [5.74, 6) is -0.345. The molecule has 2 heterocycles. The van der Waals surface area contributed by atoms with Crippen LogP contribution >= 0.6 is 23.4 Å². The first-order valence-electron chi connectivity index (χ1n) is 11.5. The molecule has 0 bridgehead atoms. The van der Waals surface area contributed by atoms with Crippen LogP contribution in [0.4, 0.5) is 10.1 Å². The molecule has 2 aliphatic rings. The third kappa shape index (κ3) is 5.68. The second-order valence-corrected chi connectivity index (χ2v) is 10.1. The van der Waals surface area contributed by atoms with Crippen molar-refractivity contribution >= 4 is 51.7 Å². The van der Waals surface area contributed by atoms with Gasteiger partial charge in [-0.1, -0.05) is 47.6 Å². The van der Waals surface area contributed by atoms with E-state index >= 15 is 0 Å². The number of amidine groups is 1. The van der Waals surface area contributed by atoms with Gasteiger partial charge in [0.2, 0.25) is 5.91 Å². The molecule has 0 radical (unpaired) electrons. The van der Waals surface area contributed by atoms with Crippen molar-refractivity contribution in [3.8, 4) is 5.75 Å². The fourth-order valence-electron chi connectivity index (χ4n) is 4.11. The Morgan fingerprint density at radius 1 is 1.11 bits per heavy atom. The van der Waals surface area contributed by atoms with Gasteiger partial charge in [-0.25, -0.2) is 9.40 Å². The summed E-state index contributed by atoms with van der Waals surface area (Å²) in [5.41, 5.74) is 3.13. The number of anilines is 1. The second kappa shape index (κ2) is 10.7. The molecule has 0 saturated heterocycles. The highest BCUT2D eigenvalue weighted by molar-refractivity contribution is 8.15. The van der Waals surface area contributed by atoms with Gasteiger partial charge in [-0.3, -0.25) is 9.59 Å². The Morgan fingerprint density at radius 3 is 2.49 bits per heavy atom. The first-order chi connectivity index (χ1) is 17.9. The molecular formula is C27H22ClFN4O3S. The number of benzene rings is 3. The maximum absolute atomic E-state index is 13.6. The van der Waals surface area contributed by atoms with Crippen LogP contribution in [-0.4, -0.2) is 40.1 Å². The van der Waals surface area contributed by atoms with E-state index in [4.69, 9.17) is 21.4 Å². The molecule has 2 aliphatic heterocycles. The summed E-state index contributed by atoms with van der Waals surface area (Å²) < 4.78 is 18.7. The lowest BCUT2D eigenvalue weighted by atomic mass is 9.98. The van der Waals surface area contributed by atoms with Crippen molar-refractivity contribution in [3.05, 3.63) is 94.8 Å². The Bertz CT molecular complexity index is 1380. The van der Waals surface area contributed by atoms with E-state index in [0.717, 1.165) is 16.8 Å². The Kier molecular flexibility index (Phi) is 7.25. The number of carbonyl (C=O) groups is 2. The van der Waals surface area contributed by atoms with Crippen LogP contribution in [0.25, 0.3) is 0 Å². The SMILES string of the molecule is COc1ccc(NC(=O)C[C@H]2SC(N3N=C(c4ccc(Cl)cc4)C[C@H]3c3ccc(F)cc3)=NC2=O)cc1. The minimum Gasteiger partial charge on any atom is -0.497 e. The molecule has 10 heteroatoms. The van der Waals surface area contributed by atoms with E-state index in [9.17, 15) is 14.0 Å². The Balaban J connectivity index is 1.33. The van der Waals surface area contributed by atoms with Crippen molar-refractivity contribution in [2.24, 2.45) is 10.1 Å². The van der Waals surface area contributed by atoms with Gasteiger partial charge in [-0.2, -0.15) is 10.1 Å². The topological polar surface area (TPSA) is 83.4 Å². The zero-order valence-corrected chi connectivity index (χ0v) is 21.3. The van der Waals surface area contributed by atoms with E-state index < -0.39 is 11.2 Å². The molecule has 2 atom stereocenters. The van der Waals surface area contributed by atoms with Crippen molar-refractivity contribution in [1.29, 1.82) is 0 Å². The summed E-state index contributed by atoms with van der Waals surface area (Å²) >= 11 is 7.25. The van der Waals surface area contributed by atoms with Crippen LogP contribution < -0.4 is 10.1 Å². The molecule has 3 aromatic carbocycles. The van der Waals surface area contributed by atoms with Crippen LogP contribution in [0.1, 0.15) is 30.0 Å². The van der Waals surface area contributed by atoms with Gasteiger partial charge in [-0.15, -0.1) is 0 Å². The van der Waals surface area contributed by atoms with Crippen LogP contribution in [0.2, 0.25) is 5.02 Å². The molecule has 37 heavy (non-hydrogen) atoms. The zero-order chi connectivity index (χ0) is 25.9. The van der Waals surface area contributed by atoms with Crippen molar-refractivity contribution in [3.63, 3.8) is 0 Å². The number of halogens is 2. The lowest BCUT2D eigenvalue weighted by Gasteiger charge is -2.23. The van der Waals surface area contributed by atoms with Gasteiger partial charge in [0, 0.05) is 23.6 Å². The lowest BCUT2D eigenvalue weighted by Crippen LogP contribution is -2.25. The number of thioether (sulfide) groups is 1. The molecule has 5 rings (SSSR count). The van der Waals surface area contributed by atoms with Crippen molar-refractivity contribution in [1.82, 2.24) is 5.01 Å². The number of hydrogen-bond acceptors (Lipinski definition) is 6. The largest absolute Gasteiger partial charge is 0.497 e. The number of carbonyl (C=O) groups excluding carboxylic acids is 2. The highest BCUT2D eigenvalue weighted by Gasteiger charge is 2.39. The van der Waals surface area contributed by atoms with E-state index in [0.29, 0.717) is 28.0 Å². The molecule has 0 saturated carbocycles. The van der Waals surface area contributed by atoms with Crippen LogP contribution in [0.5, 0.6) is 5.75 Å². The average molecular weight is 537 g/mol. The summed E-state index contributed by atoms with van der Waals surface area (Å²) in [7, 11) is 1.57. The summed E-state index contributed by atoms with van der Waals surface area (Å²) in [4.78, 5) is 29.6. The van der Waals surface area contributed by atoms with Gasteiger partial charge in [-0.05, 0) is 59.7 Å². The highest BCUT2D eigenvalue weighted by atomic mass is 35.5. The third-order valence-electron chi connectivity index (χ3n) is 6.01. The van der Waals surface area contributed by atoms with Crippen LogP contribution in [0.3, 0.4) is 0 Å². The molecule has 0 spiro atoms. The van der Waals surface area contributed by atoms with E-state index in [1.807, 2.05) is 12.1 Å². The standard InChI is InChI=1S/C27H22ClFN4O3S/c1-36-21-12-10-20(11-13-21)30-25(34)15-24-26(35)31-27(37-24)33-23(17-4-8-19(29)9-5-17)14-22(32-33)16-2-6-18(28)7-3-16/h2-13,23-24H,14-15H2,1H3,(H,30,34)/t23-,24+/m0/s1. The van der Waals surface area contributed by atoms with Crippen LogP contribution in [-0.2, 0) is 9.59 Å². The van der Waals surface area contributed by atoms with E-state index in [-0.39, 0.29) is 24.2 Å². The predicted molar refractivity (Wildman–Crippen MR) is 144 cm³/mol. The fourth-order valence-corrected chi connectivity index (χ4v) is 5.29. The normalized spacial score (nSPS) is 19.0. The predicted octanol–water partition coefficient (Wildman–Crippen LogP) is 5.67. The summed E-state index contributed by atoms with van der Waals surface area (Å²) in [6.07, 6.45) is 0.495. The number of rotatable bonds is 6. The van der Waals surface area contributed by atoms with Gasteiger partial charge in [0.1, 0.15) is 16.8 Å². The number of methoxy groups -OCH3 is 1. The van der Waals surface area contributed by atoms with Crippen molar-refractivity contribution in [2.45, 2.75) is 24.1 Å². The number of hydrazone groups is 1.